The molecule has 3 N–H and O–H groups in total. The molecule has 2 aliphatic rings. The molecule has 2 atom stereocenters. The molecule has 2 aromatic rings. The van der Waals surface area contributed by atoms with Crippen LogP contribution in [0.5, 0.6) is 0 Å². The molecule has 172 valence electrons. The molecular weight excluding hydrogens is 457 g/mol. The van der Waals surface area contributed by atoms with Gasteiger partial charge < -0.3 is 15.5 Å². The maximum Gasteiger partial charge on any atom is 0.255 e. The van der Waals surface area contributed by atoms with Crippen molar-refractivity contribution < 1.29 is 27.8 Å². The summed E-state index contributed by atoms with van der Waals surface area (Å²) in [6, 6.07) is 8.23. The van der Waals surface area contributed by atoms with Crippen molar-refractivity contribution in [3.63, 3.8) is 0 Å². The number of halogens is 2. The van der Waals surface area contributed by atoms with Crippen molar-refractivity contribution in [2.24, 2.45) is 11.8 Å². The van der Waals surface area contributed by atoms with Crippen molar-refractivity contribution in [2.45, 2.75) is 48.4 Å². The summed E-state index contributed by atoms with van der Waals surface area (Å²) in [5.41, 5.74) is -0.358. The standard InChI is InChI=1S/C23H25ClFNO5S/c1-13-8-17(5-7-20(13)25)26-22(28)14-2-6-19(24)21(9-14)32(30,31)18-10-15-3-4-16(11-18)23(15,29)12-27/h2,5-9,15-16,18,27,29H,3-4,10-12H2,1H3,(H,26,28)/t15?,16?,18-,23-. The smallest absolute Gasteiger partial charge is 0.255 e. The van der Waals surface area contributed by atoms with E-state index in [1.807, 2.05) is 0 Å². The number of carbonyl (C=O) groups is 1. The van der Waals surface area contributed by atoms with E-state index in [1.165, 1.54) is 36.4 Å². The molecule has 1 amide bonds. The van der Waals surface area contributed by atoms with Gasteiger partial charge in [0.1, 0.15) is 5.82 Å². The summed E-state index contributed by atoms with van der Waals surface area (Å²) in [5, 5.41) is 22.3. The monoisotopic (exact) mass is 481 g/mol. The number of anilines is 1. The van der Waals surface area contributed by atoms with Gasteiger partial charge in [0.25, 0.3) is 5.91 Å². The Morgan fingerprint density at radius 1 is 1.19 bits per heavy atom. The Balaban J connectivity index is 1.59. The number of carbonyl (C=O) groups excluding carboxylic acids is 1. The number of nitrogens with one attached hydrogen (secondary N) is 1. The lowest BCUT2D eigenvalue weighted by atomic mass is 9.75. The average Bonchev–Trinajstić information content (AvgIpc) is 2.92. The van der Waals surface area contributed by atoms with Crippen LogP contribution in [0.4, 0.5) is 10.1 Å². The normalized spacial score (nSPS) is 27.3. The number of rotatable bonds is 5. The van der Waals surface area contributed by atoms with Gasteiger partial charge in [0.05, 0.1) is 27.4 Å². The molecule has 0 saturated heterocycles. The highest BCUT2D eigenvalue weighted by Gasteiger charge is 2.55. The molecule has 32 heavy (non-hydrogen) atoms. The fourth-order valence-corrected chi connectivity index (χ4v) is 7.49. The van der Waals surface area contributed by atoms with E-state index in [-0.39, 0.29) is 46.8 Å². The first-order valence-electron chi connectivity index (χ1n) is 10.5. The molecular formula is C23H25ClFNO5S. The van der Waals surface area contributed by atoms with Crippen LogP contribution in [0.2, 0.25) is 5.02 Å². The Hall–Kier alpha value is -2.00. The molecule has 0 aromatic heterocycles. The van der Waals surface area contributed by atoms with Crippen molar-refractivity contribution in [2.75, 3.05) is 11.9 Å². The summed E-state index contributed by atoms with van der Waals surface area (Å²) >= 11 is 6.23. The first kappa shape index (κ1) is 23.2. The molecule has 2 aliphatic carbocycles. The number of sulfone groups is 1. The Morgan fingerprint density at radius 3 is 2.44 bits per heavy atom. The molecule has 0 radical (unpaired) electrons. The lowest BCUT2D eigenvalue weighted by Crippen LogP contribution is -2.50. The van der Waals surface area contributed by atoms with Crippen molar-refractivity contribution in [3.8, 4) is 0 Å². The Morgan fingerprint density at radius 2 is 1.84 bits per heavy atom. The van der Waals surface area contributed by atoms with Crippen LogP contribution in [0, 0.1) is 24.6 Å². The minimum atomic E-state index is -3.87. The van der Waals surface area contributed by atoms with Gasteiger partial charge >= 0.3 is 0 Å². The summed E-state index contributed by atoms with van der Waals surface area (Å²) in [7, 11) is -3.87. The third kappa shape index (κ3) is 3.94. The Kier molecular flexibility index (Phi) is 6.09. The molecule has 2 saturated carbocycles. The number of fused-ring (bicyclic) bond motifs is 2. The lowest BCUT2D eigenvalue weighted by molar-refractivity contribution is -0.0943. The van der Waals surface area contributed by atoms with Crippen LogP contribution in [0.25, 0.3) is 0 Å². The predicted molar refractivity (Wildman–Crippen MR) is 119 cm³/mol. The van der Waals surface area contributed by atoms with E-state index < -0.39 is 32.4 Å². The third-order valence-electron chi connectivity index (χ3n) is 6.98. The van der Waals surface area contributed by atoms with Gasteiger partial charge in [0.15, 0.2) is 9.84 Å². The van der Waals surface area contributed by atoms with Crippen LogP contribution in [-0.2, 0) is 9.84 Å². The first-order chi connectivity index (χ1) is 15.1. The second kappa shape index (κ2) is 8.41. The summed E-state index contributed by atoms with van der Waals surface area (Å²) in [5.74, 6) is -1.52. The van der Waals surface area contributed by atoms with Crippen molar-refractivity contribution in [3.05, 3.63) is 58.4 Å². The summed E-state index contributed by atoms with van der Waals surface area (Å²) in [6.07, 6.45) is 1.80. The number of hydrogen-bond acceptors (Lipinski definition) is 5. The van der Waals surface area contributed by atoms with Crippen LogP contribution < -0.4 is 5.32 Å². The second-order valence-corrected chi connectivity index (χ2v) is 11.4. The molecule has 2 aromatic carbocycles. The maximum atomic E-state index is 13.5. The fraction of sp³-hybridized carbons (Fsp3) is 0.435. The zero-order valence-corrected chi connectivity index (χ0v) is 19.1. The third-order valence-corrected chi connectivity index (χ3v) is 9.64. The topological polar surface area (TPSA) is 104 Å². The summed E-state index contributed by atoms with van der Waals surface area (Å²) < 4.78 is 40.4. The van der Waals surface area contributed by atoms with Gasteiger partial charge in [-0.2, -0.15) is 0 Å². The average molecular weight is 482 g/mol. The highest BCUT2D eigenvalue weighted by Crippen LogP contribution is 2.51. The van der Waals surface area contributed by atoms with E-state index in [0.29, 0.717) is 24.1 Å². The highest BCUT2D eigenvalue weighted by molar-refractivity contribution is 7.92. The van der Waals surface area contributed by atoms with Gasteiger partial charge in [0.2, 0.25) is 0 Å². The van der Waals surface area contributed by atoms with Crippen molar-refractivity contribution >= 4 is 33.0 Å². The van der Waals surface area contributed by atoms with E-state index in [0.717, 1.165) is 0 Å². The van der Waals surface area contributed by atoms with E-state index in [4.69, 9.17) is 11.6 Å². The number of aliphatic hydroxyl groups excluding tert-OH is 1. The fourth-order valence-electron chi connectivity index (χ4n) is 5.09. The molecule has 0 spiro atoms. The molecule has 2 fully saturated rings. The second-order valence-electron chi connectivity index (χ2n) is 8.82. The molecule has 2 unspecified atom stereocenters. The van der Waals surface area contributed by atoms with Crippen LogP contribution in [0.15, 0.2) is 41.3 Å². The molecule has 4 rings (SSSR count). The van der Waals surface area contributed by atoms with E-state index in [2.05, 4.69) is 5.32 Å². The number of aryl methyl sites for hydroxylation is 1. The molecule has 9 heteroatoms. The Labute approximate surface area is 191 Å². The zero-order chi connectivity index (χ0) is 23.3. The van der Waals surface area contributed by atoms with Crippen LogP contribution in [-0.4, -0.2) is 42.0 Å². The van der Waals surface area contributed by atoms with Crippen molar-refractivity contribution in [1.82, 2.24) is 0 Å². The van der Waals surface area contributed by atoms with Gasteiger partial charge in [-0.05, 0) is 86.4 Å². The van der Waals surface area contributed by atoms with Crippen LogP contribution in [0.1, 0.15) is 41.6 Å². The molecule has 6 nitrogen and oxygen atoms in total. The van der Waals surface area contributed by atoms with Crippen molar-refractivity contribution in [1.29, 1.82) is 0 Å². The highest BCUT2D eigenvalue weighted by atomic mass is 35.5. The number of benzene rings is 2. The van der Waals surface area contributed by atoms with Gasteiger partial charge in [-0.25, -0.2) is 12.8 Å². The van der Waals surface area contributed by atoms with Crippen LogP contribution >= 0.6 is 11.6 Å². The Bertz CT molecular complexity index is 1150. The summed E-state index contributed by atoms with van der Waals surface area (Å²) in [4.78, 5) is 12.6. The van der Waals surface area contributed by atoms with E-state index in [9.17, 15) is 27.8 Å². The minimum Gasteiger partial charge on any atom is -0.393 e. The number of aliphatic hydroxyl groups is 2. The molecule has 0 heterocycles. The van der Waals surface area contributed by atoms with E-state index in [1.54, 1.807) is 6.92 Å². The molecule has 2 bridgehead atoms. The zero-order valence-electron chi connectivity index (χ0n) is 17.5. The number of hydrogen-bond donors (Lipinski definition) is 3. The van der Waals surface area contributed by atoms with E-state index >= 15 is 0 Å². The summed E-state index contributed by atoms with van der Waals surface area (Å²) in [6.45, 7) is 1.20. The van der Waals surface area contributed by atoms with Crippen LogP contribution in [0.3, 0.4) is 0 Å². The van der Waals surface area contributed by atoms with Gasteiger partial charge in [-0.1, -0.05) is 11.6 Å². The van der Waals surface area contributed by atoms with Gasteiger partial charge in [0, 0.05) is 11.3 Å². The molecule has 0 aliphatic heterocycles. The largest absolute Gasteiger partial charge is 0.393 e. The first-order valence-corrected chi connectivity index (χ1v) is 12.4. The SMILES string of the molecule is Cc1cc(NC(=O)c2ccc(Cl)c(S(=O)(=O)[C@H]3CC4CCC(C3)[C@]4(O)CO)c2)ccc1F. The van der Waals surface area contributed by atoms with Gasteiger partial charge in [-0.15, -0.1) is 0 Å². The lowest BCUT2D eigenvalue weighted by Gasteiger charge is -2.41. The van der Waals surface area contributed by atoms with Gasteiger partial charge in [-0.3, -0.25) is 4.79 Å². The minimum absolute atomic E-state index is 0.0227. The number of amides is 1. The predicted octanol–water partition coefficient (Wildman–Crippen LogP) is 3.73. The quantitative estimate of drug-likeness (QED) is 0.603. The maximum absolute atomic E-state index is 13.5.